The van der Waals surface area contributed by atoms with Crippen LogP contribution in [0.4, 0.5) is 0 Å². The number of carbonyl (C=O) groups excluding carboxylic acids is 1. The first-order chi connectivity index (χ1) is 14.5. The van der Waals surface area contributed by atoms with Gasteiger partial charge in [0.15, 0.2) is 11.5 Å². The van der Waals surface area contributed by atoms with E-state index < -0.39 is 0 Å². The predicted octanol–water partition coefficient (Wildman–Crippen LogP) is 4.66. The minimum atomic E-state index is -0.270. The van der Waals surface area contributed by atoms with Crippen molar-refractivity contribution >= 4 is 12.1 Å². The molecule has 0 radical (unpaired) electrons. The number of aryl methyl sites for hydroxylation is 2. The van der Waals surface area contributed by atoms with E-state index in [9.17, 15) is 4.79 Å². The first-order valence-electron chi connectivity index (χ1n) is 9.93. The highest BCUT2D eigenvalue weighted by Gasteiger charge is 2.08. The van der Waals surface area contributed by atoms with Gasteiger partial charge in [0, 0.05) is 22.6 Å². The third kappa shape index (κ3) is 4.89. The lowest BCUT2D eigenvalue weighted by molar-refractivity contribution is 0.0955. The zero-order valence-corrected chi connectivity index (χ0v) is 17.8. The van der Waals surface area contributed by atoms with E-state index in [1.54, 1.807) is 25.5 Å². The van der Waals surface area contributed by atoms with Gasteiger partial charge in [0.1, 0.15) is 0 Å². The molecule has 6 heteroatoms. The number of nitrogens with one attached hydrogen (secondary N) is 1. The predicted molar refractivity (Wildman–Crippen MR) is 119 cm³/mol. The van der Waals surface area contributed by atoms with Crippen molar-refractivity contribution in [1.29, 1.82) is 0 Å². The number of nitrogens with zero attached hydrogens (tertiary/aromatic N) is 2. The molecule has 0 saturated heterocycles. The Labute approximate surface area is 177 Å². The molecule has 156 valence electrons. The van der Waals surface area contributed by atoms with Crippen LogP contribution in [0.5, 0.6) is 11.5 Å². The third-order valence-corrected chi connectivity index (χ3v) is 4.69. The second-order valence-corrected chi connectivity index (χ2v) is 6.96. The van der Waals surface area contributed by atoms with E-state index in [1.807, 2.05) is 37.3 Å². The molecule has 0 aliphatic rings. The normalized spacial score (nSPS) is 10.9. The maximum Gasteiger partial charge on any atom is 0.271 e. The van der Waals surface area contributed by atoms with Crippen molar-refractivity contribution in [3.8, 4) is 17.2 Å². The number of benzene rings is 2. The average molecular weight is 405 g/mol. The number of aromatic nitrogens is 1. The summed E-state index contributed by atoms with van der Waals surface area (Å²) in [5, 5.41) is 4.06. The number of amides is 1. The van der Waals surface area contributed by atoms with Crippen LogP contribution in [-0.2, 0) is 0 Å². The monoisotopic (exact) mass is 405 g/mol. The second kappa shape index (κ2) is 9.78. The van der Waals surface area contributed by atoms with E-state index in [2.05, 4.69) is 41.1 Å². The number of hydrogen-bond acceptors (Lipinski definition) is 4. The van der Waals surface area contributed by atoms with Crippen molar-refractivity contribution in [2.24, 2.45) is 5.10 Å². The molecule has 0 bridgehead atoms. The van der Waals surface area contributed by atoms with Crippen LogP contribution in [0.1, 0.15) is 40.7 Å². The Bertz CT molecular complexity index is 1020. The molecule has 0 fully saturated rings. The Morgan fingerprint density at radius 3 is 2.37 bits per heavy atom. The highest BCUT2D eigenvalue weighted by atomic mass is 16.5. The molecule has 3 rings (SSSR count). The SMILES string of the molecule is CCCOc1ccc(/C=N/NC(=O)c2ccc(-n3c(C)ccc3C)cc2)cc1OC. The second-order valence-electron chi connectivity index (χ2n) is 6.96. The van der Waals surface area contributed by atoms with Crippen molar-refractivity contribution < 1.29 is 14.3 Å². The number of hydrazone groups is 1. The topological polar surface area (TPSA) is 64.8 Å². The van der Waals surface area contributed by atoms with Gasteiger partial charge in [-0.15, -0.1) is 0 Å². The van der Waals surface area contributed by atoms with Gasteiger partial charge in [-0.05, 0) is 80.4 Å². The molecular formula is C24H27N3O3. The van der Waals surface area contributed by atoms with Gasteiger partial charge in [0.05, 0.1) is 19.9 Å². The first-order valence-corrected chi connectivity index (χ1v) is 9.93. The van der Waals surface area contributed by atoms with Crippen LogP contribution in [0.2, 0.25) is 0 Å². The van der Waals surface area contributed by atoms with E-state index in [0.717, 1.165) is 29.1 Å². The molecule has 1 N–H and O–H groups in total. The molecule has 0 spiro atoms. The number of rotatable bonds is 8. The summed E-state index contributed by atoms with van der Waals surface area (Å²) in [6.45, 7) is 6.79. The lowest BCUT2D eigenvalue weighted by Gasteiger charge is -2.10. The minimum Gasteiger partial charge on any atom is -0.493 e. The molecular weight excluding hydrogens is 378 g/mol. The third-order valence-electron chi connectivity index (χ3n) is 4.69. The van der Waals surface area contributed by atoms with Crippen LogP contribution in [0, 0.1) is 13.8 Å². The largest absolute Gasteiger partial charge is 0.493 e. The molecule has 0 atom stereocenters. The summed E-state index contributed by atoms with van der Waals surface area (Å²) >= 11 is 0. The fourth-order valence-corrected chi connectivity index (χ4v) is 3.16. The molecule has 0 unspecified atom stereocenters. The summed E-state index contributed by atoms with van der Waals surface area (Å²) in [6, 6.07) is 17.1. The van der Waals surface area contributed by atoms with Gasteiger partial charge in [-0.25, -0.2) is 5.43 Å². The summed E-state index contributed by atoms with van der Waals surface area (Å²) in [6.07, 6.45) is 2.49. The fourth-order valence-electron chi connectivity index (χ4n) is 3.16. The zero-order chi connectivity index (χ0) is 21.5. The van der Waals surface area contributed by atoms with Crippen molar-refractivity contribution in [3.63, 3.8) is 0 Å². The summed E-state index contributed by atoms with van der Waals surface area (Å²) in [7, 11) is 1.59. The van der Waals surface area contributed by atoms with Gasteiger partial charge in [0.2, 0.25) is 0 Å². The molecule has 30 heavy (non-hydrogen) atoms. The van der Waals surface area contributed by atoms with Crippen LogP contribution in [0.25, 0.3) is 5.69 Å². The van der Waals surface area contributed by atoms with Gasteiger partial charge >= 0.3 is 0 Å². The van der Waals surface area contributed by atoms with Crippen LogP contribution in [0.15, 0.2) is 59.7 Å². The smallest absolute Gasteiger partial charge is 0.271 e. The standard InChI is InChI=1S/C24H27N3O3/c1-5-14-30-22-13-8-19(15-23(22)29-4)16-25-26-24(28)20-9-11-21(12-10-20)27-17(2)6-7-18(27)3/h6-13,15-16H,5,14H2,1-4H3,(H,26,28)/b25-16+. The van der Waals surface area contributed by atoms with Crippen molar-refractivity contribution in [2.75, 3.05) is 13.7 Å². The summed E-state index contributed by atoms with van der Waals surface area (Å²) in [5.41, 5.74) is 7.22. The number of carbonyl (C=O) groups is 1. The van der Waals surface area contributed by atoms with Crippen molar-refractivity contribution in [2.45, 2.75) is 27.2 Å². The number of hydrogen-bond donors (Lipinski definition) is 1. The van der Waals surface area contributed by atoms with Gasteiger partial charge in [0.25, 0.3) is 5.91 Å². The average Bonchev–Trinajstić information content (AvgIpc) is 3.10. The van der Waals surface area contributed by atoms with E-state index in [-0.39, 0.29) is 5.91 Å². The molecule has 1 amide bonds. The quantitative estimate of drug-likeness (QED) is 0.438. The number of methoxy groups -OCH3 is 1. The lowest BCUT2D eigenvalue weighted by Crippen LogP contribution is -2.17. The van der Waals surface area contributed by atoms with Gasteiger partial charge in [-0.3, -0.25) is 4.79 Å². The fraction of sp³-hybridized carbons (Fsp3) is 0.250. The summed E-state index contributed by atoms with van der Waals surface area (Å²) < 4.78 is 13.1. The van der Waals surface area contributed by atoms with Crippen LogP contribution >= 0.6 is 0 Å². The van der Waals surface area contributed by atoms with Crippen LogP contribution in [0.3, 0.4) is 0 Å². The van der Waals surface area contributed by atoms with E-state index in [4.69, 9.17) is 9.47 Å². The molecule has 3 aromatic rings. The van der Waals surface area contributed by atoms with Gasteiger partial charge in [-0.2, -0.15) is 5.10 Å². The van der Waals surface area contributed by atoms with Gasteiger partial charge < -0.3 is 14.0 Å². The van der Waals surface area contributed by atoms with Crippen molar-refractivity contribution in [3.05, 3.63) is 77.1 Å². The molecule has 1 aromatic heterocycles. The highest BCUT2D eigenvalue weighted by Crippen LogP contribution is 2.27. The van der Waals surface area contributed by atoms with Crippen molar-refractivity contribution in [1.82, 2.24) is 9.99 Å². The van der Waals surface area contributed by atoms with Crippen LogP contribution < -0.4 is 14.9 Å². The van der Waals surface area contributed by atoms with Crippen LogP contribution in [-0.4, -0.2) is 30.4 Å². The Hall–Kier alpha value is -3.54. The van der Waals surface area contributed by atoms with E-state index in [0.29, 0.717) is 23.7 Å². The number of ether oxygens (including phenoxy) is 2. The van der Waals surface area contributed by atoms with Gasteiger partial charge in [-0.1, -0.05) is 6.92 Å². The summed E-state index contributed by atoms with van der Waals surface area (Å²) in [4.78, 5) is 12.4. The zero-order valence-electron chi connectivity index (χ0n) is 17.8. The Morgan fingerprint density at radius 1 is 1.03 bits per heavy atom. The maximum absolute atomic E-state index is 12.4. The Morgan fingerprint density at radius 2 is 1.73 bits per heavy atom. The highest BCUT2D eigenvalue weighted by molar-refractivity contribution is 5.95. The Balaban J connectivity index is 1.64. The maximum atomic E-state index is 12.4. The van der Waals surface area contributed by atoms with E-state index >= 15 is 0 Å². The molecule has 0 aliphatic carbocycles. The lowest BCUT2D eigenvalue weighted by atomic mass is 10.2. The molecule has 0 saturated carbocycles. The molecule has 2 aromatic carbocycles. The Kier molecular flexibility index (Phi) is 6.91. The molecule has 6 nitrogen and oxygen atoms in total. The van der Waals surface area contributed by atoms with E-state index in [1.165, 1.54) is 0 Å². The first kappa shape index (κ1) is 21.2. The molecule has 1 heterocycles. The minimum absolute atomic E-state index is 0.270. The molecule has 0 aliphatic heterocycles. The summed E-state index contributed by atoms with van der Waals surface area (Å²) in [5.74, 6) is 1.05.